The van der Waals surface area contributed by atoms with Gasteiger partial charge < -0.3 is 19.9 Å². The number of amides is 2. The molecule has 0 spiro atoms. The van der Waals surface area contributed by atoms with Crippen LogP contribution >= 0.6 is 15.9 Å². The van der Waals surface area contributed by atoms with Gasteiger partial charge in [0, 0.05) is 30.9 Å². The monoisotopic (exact) mass is 331 g/mol. The van der Waals surface area contributed by atoms with Crippen molar-refractivity contribution in [3.05, 3.63) is 22.4 Å². The number of nitrogens with one attached hydrogen (secondary N) is 2. The quantitative estimate of drug-likeness (QED) is 0.724. The third-order valence-corrected chi connectivity index (χ3v) is 2.91. The van der Waals surface area contributed by atoms with Crippen molar-refractivity contribution in [3.63, 3.8) is 0 Å². The molecule has 106 valence electrons. The summed E-state index contributed by atoms with van der Waals surface area (Å²) in [5.74, 6) is -0.506. The molecule has 0 saturated heterocycles. The molecule has 1 rings (SSSR count). The van der Waals surface area contributed by atoms with Gasteiger partial charge in [-0.2, -0.15) is 0 Å². The molecule has 19 heavy (non-hydrogen) atoms. The average Bonchev–Trinajstić information content (AvgIpc) is 2.77. The molecule has 1 aromatic heterocycles. The fourth-order valence-corrected chi connectivity index (χ4v) is 2.00. The lowest BCUT2D eigenvalue weighted by atomic mass is 10.4. The Labute approximate surface area is 120 Å². The maximum Gasteiger partial charge on any atom is 0.268 e. The van der Waals surface area contributed by atoms with E-state index in [4.69, 9.17) is 4.74 Å². The van der Waals surface area contributed by atoms with Crippen LogP contribution in [-0.2, 0) is 16.1 Å². The largest absolute Gasteiger partial charge is 0.383 e. The fourth-order valence-electron chi connectivity index (χ4n) is 1.53. The van der Waals surface area contributed by atoms with Gasteiger partial charge in [0.05, 0.1) is 13.2 Å². The van der Waals surface area contributed by atoms with Crippen molar-refractivity contribution < 1.29 is 14.3 Å². The number of rotatable bonds is 7. The number of hydrogen-bond acceptors (Lipinski definition) is 3. The van der Waals surface area contributed by atoms with E-state index in [2.05, 4.69) is 26.6 Å². The Bertz CT molecular complexity index is 445. The first-order chi connectivity index (χ1) is 9.08. The minimum Gasteiger partial charge on any atom is -0.383 e. The molecule has 0 saturated carbocycles. The van der Waals surface area contributed by atoms with E-state index in [0.29, 0.717) is 25.4 Å². The third-order valence-electron chi connectivity index (χ3n) is 2.47. The minimum atomic E-state index is -0.269. The van der Waals surface area contributed by atoms with Crippen LogP contribution in [0.4, 0.5) is 0 Å². The Hall–Kier alpha value is -1.34. The maximum absolute atomic E-state index is 11.9. The van der Waals surface area contributed by atoms with Crippen molar-refractivity contribution in [1.29, 1.82) is 0 Å². The van der Waals surface area contributed by atoms with E-state index in [0.717, 1.165) is 4.47 Å². The van der Waals surface area contributed by atoms with Crippen LogP contribution in [0.15, 0.2) is 16.7 Å². The highest BCUT2D eigenvalue weighted by atomic mass is 79.9. The second kappa shape index (κ2) is 7.96. The number of methoxy groups -OCH3 is 1. The highest BCUT2D eigenvalue weighted by Crippen LogP contribution is 2.14. The molecule has 0 radical (unpaired) electrons. The van der Waals surface area contributed by atoms with Crippen LogP contribution < -0.4 is 10.6 Å². The van der Waals surface area contributed by atoms with Crippen LogP contribution in [0.5, 0.6) is 0 Å². The summed E-state index contributed by atoms with van der Waals surface area (Å²) in [7, 11) is 1.56. The number of halogens is 1. The number of carbonyl (C=O) groups is 2. The highest BCUT2D eigenvalue weighted by molar-refractivity contribution is 9.10. The number of nitrogens with zero attached hydrogens (tertiary/aromatic N) is 1. The topological polar surface area (TPSA) is 72.4 Å². The number of ether oxygens (including phenoxy) is 1. The van der Waals surface area contributed by atoms with Gasteiger partial charge in [0.25, 0.3) is 5.91 Å². The van der Waals surface area contributed by atoms with Gasteiger partial charge in [-0.3, -0.25) is 9.59 Å². The summed E-state index contributed by atoms with van der Waals surface area (Å²) in [5, 5.41) is 5.21. The lowest BCUT2D eigenvalue weighted by Gasteiger charge is -2.08. The van der Waals surface area contributed by atoms with Gasteiger partial charge in [-0.25, -0.2) is 0 Å². The Morgan fingerprint density at radius 2 is 2.16 bits per heavy atom. The molecule has 2 amide bonds. The van der Waals surface area contributed by atoms with Gasteiger partial charge in [0.1, 0.15) is 5.69 Å². The molecule has 0 atom stereocenters. The van der Waals surface area contributed by atoms with E-state index in [9.17, 15) is 9.59 Å². The third kappa shape index (κ3) is 5.04. The SMILES string of the molecule is CCn1cc(Br)cc1C(=O)NCC(=O)NCCOC. The van der Waals surface area contributed by atoms with Gasteiger partial charge in [-0.05, 0) is 28.9 Å². The molecule has 0 aliphatic carbocycles. The summed E-state index contributed by atoms with van der Waals surface area (Å²) < 4.78 is 7.45. The van der Waals surface area contributed by atoms with E-state index in [1.165, 1.54) is 0 Å². The smallest absolute Gasteiger partial charge is 0.268 e. The normalized spacial score (nSPS) is 10.3. The molecule has 1 heterocycles. The minimum absolute atomic E-state index is 0.0466. The molecule has 6 nitrogen and oxygen atoms in total. The summed E-state index contributed by atoms with van der Waals surface area (Å²) in [6.45, 7) is 3.47. The first kappa shape index (κ1) is 15.7. The Morgan fingerprint density at radius 3 is 2.79 bits per heavy atom. The number of aryl methyl sites for hydroxylation is 1. The molecule has 0 unspecified atom stereocenters. The van der Waals surface area contributed by atoms with E-state index in [-0.39, 0.29) is 18.4 Å². The lowest BCUT2D eigenvalue weighted by molar-refractivity contribution is -0.120. The molecule has 0 aliphatic rings. The zero-order chi connectivity index (χ0) is 14.3. The molecule has 2 N–H and O–H groups in total. The summed E-state index contributed by atoms with van der Waals surface area (Å²) in [6.07, 6.45) is 1.83. The molecule has 0 aromatic carbocycles. The maximum atomic E-state index is 11.9. The molecular weight excluding hydrogens is 314 g/mol. The predicted octanol–water partition coefficient (Wildman–Crippen LogP) is 0.763. The van der Waals surface area contributed by atoms with Gasteiger partial charge in [0.15, 0.2) is 0 Å². The van der Waals surface area contributed by atoms with Gasteiger partial charge in [0.2, 0.25) is 5.91 Å². The first-order valence-corrected chi connectivity index (χ1v) is 6.77. The molecule has 0 bridgehead atoms. The lowest BCUT2D eigenvalue weighted by Crippen LogP contribution is -2.38. The fraction of sp³-hybridized carbons (Fsp3) is 0.500. The van der Waals surface area contributed by atoms with Gasteiger partial charge in [-0.1, -0.05) is 0 Å². The van der Waals surface area contributed by atoms with E-state index in [1.54, 1.807) is 13.2 Å². The first-order valence-electron chi connectivity index (χ1n) is 5.98. The van der Waals surface area contributed by atoms with Crippen molar-refractivity contribution in [3.8, 4) is 0 Å². The van der Waals surface area contributed by atoms with E-state index >= 15 is 0 Å². The van der Waals surface area contributed by atoms with Crippen LogP contribution in [-0.4, -0.2) is 43.2 Å². The van der Waals surface area contributed by atoms with Crippen molar-refractivity contribution in [1.82, 2.24) is 15.2 Å². The van der Waals surface area contributed by atoms with Crippen molar-refractivity contribution in [2.24, 2.45) is 0 Å². The molecule has 7 heteroatoms. The van der Waals surface area contributed by atoms with Gasteiger partial charge in [-0.15, -0.1) is 0 Å². The number of aromatic nitrogens is 1. The van der Waals surface area contributed by atoms with Crippen molar-refractivity contribution >= 4 is 27.7 Å². The van der Waals surface area contributed by atoms with Crippen LogP contribution in [0, 0.1) is 0 Å². The highest BCUT2D eigenvalue weighted by Gasteiger charge is 2.13. The van der Waals surface area contributed by atoms with Crippen molar-refractivity contribution in [2.75, 3.05) is 26.8 Å². The van der Waals surface area contributed by atoms with Crippen molar-refractivity contribution in [2.45, 2.75) is 13.5 Å². The zero-order valence-corrected chi connectivity index (χ0v) is 12.6. The predicted molar refractivity (Wildman–Crippen MR) is 75.0 cm³/mol. The van der Waals surface area contributed by atoms with Crippen LogP contribution in [0.25, 0.3) is 0 Å². The molecule has 0 aliphatic heterocycles. The Morgan fingerprint density at radius 1 is 1.42 bits per heavy atom. The van der Waals surface area contributed by atoms with E-state index < -0.39 is 0 Å². The standard InChI is InChI=1S/C12H18BrN3O3/c1-3-16-8-9(13)6-10(16)12(18)15-7-11(17)14-4-5-19-2/h6,8H,3-5,7H2,1-2H3,(H,14,17)(H,15,18). The molecular formula is C12H18BrN3O3. The van der Waals surface area contributed by atoms with Crippen LogP contribution in [0.3, 0.4) is 0 Å². The average molecular weight is 332 g/mol. The Balaban J connectivity index is 2.44. The molecule has 1 aromatic rings. The summed E-state index contributed by atoms with van der Waals surface area (Å²) in [5.41, 5.74) is 0.527. The van der Waals surface area contributed by atoms with Crippen LogP contribution in [0.2, 0.25) is 0 Å². The summed E-state index contributed by atoms with van der Waals surface area (Å²) in [6, 6.07) is 1.72. The molecule has 0 fully saturated rings. The number of carbonyl (C=O) groups excluding carboxylic acids is 2. The van der Waals surface area contributed by atoms with Gasteiger partial charge >= 0.3 is 0 Å². The summed E-state index contributed by atoms with van der Waals surface area (Å²) >= 11 is 3.32. The second-order valence-corrected chi connectivity index (χ2v) is 4.77. The Kier molecular flexibility index (Phi) is 6.58. The van der Waals surface area contributed by atoms with E-state index in [1.807, 2.05) is 17.7 Å². The number of hydrogen-bond donors (Lipinski definition) is 2. The zero-order valence-electron chi connectivity index (χ0n) is 11.0. The summed E-state index contributed by atoms with van der Waals surface area (Å²) in [4.78, 5) is 23.3. The second-order valence-electron chi connectivity index (χ2n) is 3.86. The van der Waals surface area contributed by atoms with Crippen LogP contribution in [0.1, 0.15) is 17.4 Å².